The van der Waals surface area contributed by atoms with Crippen LogP contribution in [0.2, 0.25) is 0 Å². The lowest BCUT2D eigenvalue weighted by Gasteiger charge is -2.42. The van der Waals surface area contributed by atoms with Crippen LogP contribution in [0.3, 0.4) is 0 Å². The van der Waals surface area contributed by atoms with Gasteiger partial charge in [0, 0.05) is 39.2 Å². The summed E-state index contributed by atoms with van der Waals surface area (Å²) in [5.41, 5.74) is 0.445. The van der Waals surface area contributed by atoms with Crippen molar-refractivity contribution < 1.29 is 4.74 Å². The van der Waals surface area contributed by atoms with Crippen molar-refractivity contribution >= 4 is 16.5 Å². The average molecular weight is 296 g/mol. The monoisotopic (exact) mass is 296 g/mol. The van der Waals surface area contributed by atoms with Crippen molar-refractivity contribution in [2.45, 2.75) is 19.8 Å². The molecule has 3 heterocycles. The lowest BCUT2D eigenvalue weighted by molar-refractivity contribution is 0.0763. The summed E-state index contributed by atoms with van der Waals surface area (Å²) in [6.45, 7) is 7.50. The van der Waals surface area contributed by atoms with Gasteiger partial charge in [0.2, 0.25) is 5.13 Å². The number of aromatic nitrogens is 2. The minimum Gasteiger partial charge on any atom is -0.384 e. The summed E-state index contributed by atoms with van der Waals surface area (Å²) < 4.78 is 5.46. The zero-order chi connectivity index (χ0) is 14.2. The molecule has 0 radical (unpaired) electrons. The van der Waals surface area contributed by atoms with E-state index in [4.69, 9.17) is 4.74 Å². The zero-order valence-corrected chi connectivity index (χ0v) is 13.4. The second-order valence-corrected chi connectivity index (χ2v) is 7.46. The smallest absolute Gasteiger partial charge is 0.208 e. The maximum absolute atomic E-state index is 5.46. The summed E-state index contributed by atoms with van der Waals surface area (Å²) in [5, 5.41) is 10.6. The summed E-state index contributed by atoms with van der Waals surface area (Å²) in [7, 11) is 4.06. The standard InChI is InChI=1S/C14H24N4OS/c1-11-15-16-13(20-11)18-6-4-14(5-7-18)10-17(2)8-12(14)9-19-3/h12H,4-10H2,1-3H3. The first-order valence-corrected chi connectivity index (χ1v) is 8.17. The first kappa shape index (κ1) is 14.2. The molecule has 1 aromatic rings. The van der Waals surface area contributed by atoms with Gasteiger partial charge in [0.15, 0.2) is 0 Å². The van der Waals surface area contributed by atoms with Crippen LogP contribution >= 0.6 is 11.3 Å². The number of methoxy groups -OCH3 is 1. The van der Waals surface area contributed by atoms with Gasteiger partial charge >= 0.3 is 0 Å². The van der Waals surface area contributed by atoms with Crippen LogP contribution in [0.1, 0.15) is 17.8 Å². The molecule has 1 atom stereocenters. The van der Waals surface area contributed by atoms with Crippen LogP contribution in [0.4, 0.5) is 5.13 Å². The van der Waals surface area contributed by atoms with E-state index >= 15 is 0 Å². The molecular weight excluding hydrogens is 272 g/mol. The molecule has 3 rings (SSSR count). The first-order chi connectivity index (χ1) is 9.63. The molecule has 112 valence electrons. The van der Waals surface area contributed by atoms with Gasteiger partial charge in [-0.05, 0) is 32.2 Å². The second kappa shape index (κ2) is 5.58. The molecule has 0 N–H and O–H groups in total. The molecule has 2 aliphatic rings. The van der Waals surface area contributed by atoms with Gasteiger partial charge in [-0.25, -0.2) is 0 Å². The Hall–Kier alpha value is -0.720. The number of piperidine rings is 1. The number of nitrogens with zero attached hydrogens (tertiary/aromatic N) is 4. The van der Waals surface area contributed by atoms with E-state index in [-0.39, 0.29) is 0 Å². The highest BCUT2D eigenvalue weighted by atomic mass is 32.1. The topological polar surface area (TPSA) is 41.5 Å². The fourth-order valence-corrected chi connectivity index (χ4v) is 4.59. The van der Waals surface area contributed by atoms with E-state index in [0.717, 1.165) is 29.8 Å². The SMILES string of the molecule is COCC1CN(C)CC12CCN(c1nnc(C)s1)CC2. The van der Waals surface area contributed by atoms with E-state index < -0.39 is 0 Å². The highest BCUT2D eigenvalue weighted by Crippen LogP contribution is 2.45. The molecule has 0 bridgehead atoms. The van der Waals surface area contributed by atoms with Gasteiger partial charge in [0.05, 0.1) is 6.61 Å². The molecule has 5 nitrogen and oxygen atoms in total. The fourth-order valence-electron chi connectivity index (χ4n) is 3.86. The Labute approximate surface area is 124 Å². The Morgan fingerprint density at radius 3 is 2.70 bits per heavy atom. The third-order valence-corrected chi connectivity index (χ3v) is 5.80. The second-order valence-electron chi connectivity index (χ2n) is 6.30. The molecule has 6 heteroatoms. The van der Waals surface area contributed by atoms with E-state index in [1.54, 1.807) is 11.3 Å². The van der Waals surface area contributed by atoms with Gasteiger partial charge in [-0.3, -0.25) is 0 Å². The largest absolute Gasteiger partial charge is 0.384 e. The Morgan fingerprint density at radius 2 is 2.10 bits per heavy atom. The number of hydrogen-bond acceptors (Lipinski definition) is 6. The van der Waals surface area contributed by atoms with Crippen LogP contribution in [0, 0.1) is 18.3 Å². The first-order valence-electron chi connectivity index (χ1n) is 7.35. The lowest BCUT2D eigenvalue weighted by atomic mass is 9.71. The Morgan fingerprint density at radius 1 is 1.35 bits per heavy atom. The van der Waals surface area contributed by atoms with Crippen LogP contribution < -0.4 is 4.90 Å². The molecule has 0 amide bonds. The summed E-state index contributed by atoms with van der Waals surface area (Å²) >= 11 is 1.71. The maximum Gasteiger partial charge on any atom is 0.208 e. The summed E-state index contributed by atoms with van der Waals surface area (Å²) in [6.07, 6.45) is 2.48. The van der Waals surface area contributed by atoms with Gasteiger partial charge in [-0.15, -0.1) is 10.2 Å². The van der Waals surface area contributed by atoms with Crippen molar-refractivity contribution in [3.05, 3.63) is 5.01 Å². The third-order valence-electron chi connectivity index (χ3n) is 4.90. The molecule has 20 heavy (non-hydrogen) atoms. The van der Waals surface area contributed by atoms with Crippen LogP contribution in [0.5, 0.6) is 0 Å². The molecule has 2 aliphatic heterocycles. The zero-order valence-electron chi connectivity index (χ0n) is 12.6. The van der Waals surface area contributed by atoms with Crippen molar-refractivity contribution in [2.75, 3.05) is 51.8 Å². The summed E-state index contributed by atoms with van der Waals surface area (Å²) in [5.74, 6) is 0.677. The summed E-state index contributed by atoms with van der Waals surface area (Å²) in [4.78, 5) is 4.87. The number of aryl methyl sites for hydroxylation is 1. The molecule has 2 saturated heterocycles. The molecule has 0 saturated carbocycles. The van der Waals surface area contributed by atoms with Crippen molar-refractivity contribution in [3.8, 4) is 0 Å². The van der Waals surface area contributed by atoms with Gasteiger partial charge in [0.1, 0.15) is 5.01 Å². The van der Waals surface area contributed by atoms with Crippen molar-refractivity contribution in [2.24, 2.45) is 11.3 Å². The van der Waals surface area contributed by atoms with E-state index in [2.05, 4.69) is 27.0 Å². The molecule has 2 fully saturated rings. The van der Waals surface area contributed by atoms with Crippen LogP contribution in [-0.4, -0.2) is 62.0 Å². The van der Waals surface area contributed by atoms with Gasteiger partial charge in [0.25, 0.3) is 0 Å². The minimum absolute atomic E-state index is 0.445. The fraction of sp³-hybridized carbons (Fsp3) is 0.857. The number of hydrogen-bond donors (Lipinski definition) is 0. The van der Waals surface area contributed by atoms with E-state index in [1.165, 1.54) is 25.9 Å². The van der Waals surface area contributed by atoms with E-state index in [1.807, 2.05) is 14.0 Å². The number of ether oxygens (including phenoxy) is 1. The molecule has 1 aromatic heterocycles. The molecule has 0 aromatic carbocycles. The van der Waals surface area contributed by atoms with Gasteiger partial charge in [-0.2, -0.15) is 0 Å². The van der Waals surface area contributed by atoms with Gasteiger partial charge in [-0.1, -0.05) is 11.3 Å². The van der Waals surface area contributed by atoms with Crippen molar-refractivity contribution in [1.82, 2.24) is 15.1 Å². The average Bonchev–Trinajstić information content (AvgIpc) is 2.97. The van der Waals surface area contributed by atoms with E-state index in [0.29, 0.717) is 11.3 Å². The Bertz CT molecular complexity index is 456. The number of rotatable bonds is 3. The normalized spacial score (nSPS) is 26.6. The molecule has 1 spiro atoms. The number of anilines is 1. The van der Waals surface area contributed by atoms with Crippen molar-refractivity contribution in [3.63, 3.8) is 0 Å². The molecule has 0 aliphatic carbocycles. The number of likely N-dealkylation sites (tertiary alicyclic amines) is 1. The van der Waals surface area contributed by atoms with Crippen molar-refractivity contribution in [1.29, 1.82) is 0 Å². The van der Waals surface area contributed by atoms with Gasteiger partial charge < -0.3 is 14.5 Å². The Kier molecular flexibility index (Phi) is 3.97. The Balaban J connectivity index is 1.67. The van der Waals surface area contributed by atoms with Crippen LogP contribution in [0.25, 0.3) is 0 Å². The predicted octanol–water partition coefficient (Wildman–Crippen LogP) is 1.64. The third kappa shape index (κ3) is 2.56. The molecule has 1 unspecified atom stereocenters. The predicted molar refractivity (Wildman–Crippen MR) is 81.4 cm³/mol. The van der Waals surface area contributed by atoms with E-state index in [9.17, 15) is 0 Å². The highest BCUT2D eigenvalue weighted by molar-refractivity contribution is 7.15. The van der Waals surface area contributed by atoms with Crippen LogP contribution in [-0.2, 0) is 4.74 Å². The maximum atomic E-state index is 5.46. The van der Waals surface area contributed by atoms with Crippen LogP contribution in [0.15, 0.2) is 0 Å². The summed E-state index contributed by atoms with van der Waals surface area (Å²) in [6, 6.07) is 0. The lowest BCUT2D eigenvalue weighted by Crippen LogP contribution is -2.45. The molecular formula is C14H24N4OS. The quantitative estimate of drug-likeness (QED) is 0.848. The minimum atomic E-state index is 0.445. The highest BCUT2D eigenvalue weighted by Gasteiger charge is 2.47.